The van der Waals surface area contributed by atoms with E-state index in [1.165, 1.54) is 6.07 Å². The molecule has 1 aliphatic heterocycles. The number of imidazole rings is 1. The highest BCUT2D eigenvalue weighted by molar-refractivity contribution is 5.92. The second kappa shape index (κ2) is 8.18. The van der Waals surface area contributed by atoms with Crippen molar-refractivity contribution in [2.45, 2.75) is 25.9 Å². The van der Waals surface area contributed by atoms with Crippen LogP contribution in [0.15, 0.2) is 49.1 Å². The first kappa shape index (κ1) is 20.7. The topological polar surface area (TPSA) is 79.9 Å². The van der Waals surface area contributed by atoms with E-state index in [0.717, 1.165) is 47.1 Å². The molecule has 6 rings (SSSR count). The van der Waals surface area contributed by atoms with Crippen molar-refractivity contribution >= 4 is 22.1 Å². The van der Waals surface area contributed by atoms with Crippen LogP contribution < -0.4 is 4.74 Å². The van der Waals surface area contributed by atoms with Crippen molar-refractivity contribution in [1.29, 1.82) is 0 Å². The van der Waals surface area contributed by atoms with Crippen LogP contribution in [0.5, 0.6) is 5.75 Å². The number of rotatable bonds is 5. The standard InChI is InChI=1S/C25H23FN6O2/c1-3-31-14-27-24-20(11-28-29-25(24)31)15-4-5-21(26)18(8-15)19-9-16-12-32(17-6-7-34-13-17)30-22(16)10-23(19)33-2/h4-5,8-12,14,17H,3,6-7,13H2,1-2H3. The van der Waals surface area contributed by atoms with Crippen molar-refractivity contribution in [2.75, 3.05) is 20.3 Å². The van der Waals surface area contributed by atoms with Crippen LogP contribution in [0.1, 0.15) is 19.4 Å². The van der Waals surface area contributed by atoms with Gasteiger partial charge in [-0.2, -0.15) is 10.2 Å². The second-order valence-electron chi connectivity index (χ2n) is 8.39. The first-order valence-corrected chi connectivity index (χ1v) is 11.3. The van der Waals surface area contributed by atoms with Gasteiger partial charge in [-0.25, -0.2) is 9.37 Å². The summed E-state index contributed by atoms with van der Waals surface area (Å²) >= 11 is 0. The molecule has 1 fully saturated rings. The molecule has 0 N–H and O–H groups in total. The van der Waals surface area contributed by atoms with Crippen molar-refractivity contribution in [3.63, 3.8) is 0 Å². The van der Waals surface area contributed by atoms with Crippen LogP contribution in [-0.4, -0.2) is 49.9 Å². The van der Waals surface area contributed by atoms with E-state index in [9.17, 15) is 0 Å². The molecule has 4 heterocycles. The SMILES string of the molecule is CCn1cnc2c(-c3ccc(F)c(-c4cc5cn(C6CCOC6)nc5cc4OC)c3)cnnc21. The van der Waals surface area contributed by atoms with Crippen LogP contribution in [0.3, 0.4) is 0 Å². The van der Waals surface area contributed by atoms with E-state index in [4.69, 9.17) is 14.6 Å². The van der Waals surface area contributed by atoms with Crippen LogP contribution in [0.4, 0.5) is 4.39 Å². The minimum atomic E-state index is -0.338. The summed E-state index contributed by atoms with van der Waals surface area (Å²) < 4.78 is 30.2. The van der Waals surface area contributed by atoms with Gasteiger partial charge in [0.25, 0.3) is 0 Å². The normalized spacial score (nSPS) is 16.0. The summed E-state index contributed by atoms with van der Waals surface area (Å²) in [4.78, 5) is 4.53. The molecule has 0 saturated carbocycles. The van der Waals surface area contributed by atoms with Gasteiger partial charge in [0.15, 0.2) is 5.65 Å². The number of hydrogen-bond acceptors (Lipinski definition) is 6. The Kier molecular flexibility index (Phi) is 4.99. The first-order chi connectivity index (χ1) is 16.7. The average molecular weight is 458 g/mol. The fourth-order valence-corrected chi connectivity index (χ4v) is 4.58. The van der Waals surface area contributed by atoms with Crippen LogP contribution in [0.25, 0.3) is 44.3 Å². The minimum absolute atomic E-state index is 0.214. The Morgan fingerprint density at radius 3 is 2.88 bits per heavy atom. The van der Waals surface area contributed by atoms with Crippen molar-refractivity contribution in [3.8, 4) is 28.0 Å². The summed E-state index contributed by atoms with van der Waals surface area (Å²) in [6.45, 7) is 4.15. The number of halogens is 1. The first-order valence-electron chi connectivity index (χ1n) is 11.3. The van der Waals surface area contributed by atoms with E-state index in [1.54, 1.807) is 25.7 Å². The zero-order valence-corrected chi connectivity index (χ0v) is 18.9. The molecule has 0 aliphatic carbocycles. The van der Waals surface area contributed by atoms with Gasteiger partial charge >= 0.3 is 0 Å². The number of methoxy groups -OCH3 is 1. The van der Waals surface area contributed by atoms with Gasteiger partial charge in [-0.05, 0) is 37.1 Å². The number of aromatic nitrogens is 6. The van der Waals surface area contributed by atoms with Gasteiger partial charge in [-0.1, -0.05) is 6.07 Å². The molecule has 2 aromatic carbocycles. The quantitative estimate of drug-likeness (QED) is 0.382. The summed E-state index contributed by atoms with van der Waals surface area (Å²) in [6, 6.07) is 9.03. The van der Waals surface area contributed by atoms with Gasteiger partial charge in [-0.15, -0.1) is 5.10 Å². The lowest BCUT2D eigenvalue weighted by atomic mass is 9.97. The van der Waals surface area contributed by atoms with Crippen LogP contribution >= 0.6 is 0 Å². The molecule has 1 unspecified atom stereocenters. The number of benzene rings is 2. The Labute approximate surface area is 195 Å². The van der Waals surface area contributed by atoms with Gasteiger partial charge < -0.3 is 14.0 Å². The summed E-state index contributed by atoms with van der Waals surface area (Å²) in [5.41, 5.74) is 4.94. The van der Waals surface area contributed by atoms with Crippen molar-refractivity contribution in [3.05, 3.63) is 54.9 Å². The molecule has 5 aromatic rings. The number of hydrogen-bond donors (Lipinski definition) is 0. The molecule has 34 heavy (non-hydrogen) atoms. The van der Waals surface area contributed by atoms with E-state index >= 15 is 4.39 Å². The van der Waals surface area contributed by atoms with E-state index in [-0.39, 0.29) is 11.9 Å². The van der Waals surface area contributed by atoms with Gasteiger partial charge in [0.2, 0.25) is 0 Å². The molecule has 0 radical (unpaired) electrons. The summed E-state index contributed by atoms with van der Waals surface area (Å²) in [6.07, 6.45) is 6.34. The molecule has 0 bridgehead atoms. The smallest absolute Gasteiger partial charge is 0.183 e. The van der Waals surface area contributed by atoms with Crippen LogP contribution in [-0.2, 0) is 11.3 Å². The highest BCUT2D eigenvalue weighted by Gasteiger charge is 2.21. The molecule has 0 amide bonds. The summed E-state index contributed by atoms with van der Waals surface area (Å²) in [5, 5.41) is 14.0. The van der Waals surface area contributed by atoms with Gasteiger partial charge in [0.05, 0.1) is 37.8 Å². The maximum absolute atomic E-state index is 15.2. The fourth-order valence-electron chi connectivity index (χ4n) is 4.58. The van der Waals surface area contributed by atoms with E-state index in [1.807, 2.05) is 40.6 Å². The molecule has 9 heteroatoms. The van der Waals surface area contributed by atoms with Crippen molar-refractivity contribution in [2.24, 2.45) is 0 Å². The monoisotopic (exact) mass is 458 g/mol. The molecule has 0 spiro atoms. The molecule has 1 saturated heterocycles. The lowest BCUT2D eigenvalue weighted by Gasteiger charge is -2.12. The van der Waals surface area contributed by atoms with E-state index < -0.39 is 0 Å². The van der Waals surface area contributed by atoms with E-state index in [2.05, 4.69) is 15.2 Å². The zero-order chi connectivity index (χ0) is 23.2. The van der Waals surface area contributed by atoms with Crippen molar-refractivity contribution in [1.82, 2.24) is 29.5 Å². The molecule has 1 aliphatic rings. The predicted molar refractivity (Wildman–Crippen MR) is 126 cm³/mol. The Balaban J connectivity index is 1.49. The molecular weight excluding hydrogens is 435 g/mol. The number of fused-ring (bicyclic) bond motifs is 2. The third-order valence-corrected chi connectivity index (χ3v) is 6.44. The highest BCUT2D eigenvalue weighted by atomic mass is 19.1. The van der Waals surface area contributed by atoms with Crippen LogP contribution in [0, 0.1) is 5.82 Å². The summed E-state index contributed by atoms with van der Waals surface area (Å²) in [5.74, 6) is 0.222. The number of nitrogens with zero attached hydrogens (tertiary/aromatic N) is 6. The summed E-state index contributed by atoms with van der Waals surface area (Å²) in [7, 11) is 1.59. The van der Waals surface area contributed by atoms with Crippen molar-refractivity contribution < 1.29 is 13.9 Å². The highest BCUT2D eigenvalue weighted by Crippen LogP contribution is 2.38. The molecule has 1 atom stereocenters. The Morgan fingerprint density at radius 1 is 1.18 bits per heavy atom. The van der Waals surface area contributed by atoms with E-state index in [0.29, 0.717) is 29.1 Å². The largest absolute Gasteiger partial charge is 0.496 e. The number of ether oxygens (including phenoxy) is 2. The number of aryl methyl sites for hydroxylation is 1. The fraction of sp³-hybridized carbons (Fsp3) is 0.280. The second-order valence-corrected chi connectivity index (χ2v) is 8.39. The minimum Gasteiger partial charge on any atom is -0.496 e. The Morgan fingerprint density at radius 2 is 2.09 bits per heavy atom. The molecule has 3 aromatic heterocycles. The van der Waals surface area contributed by atoms with Gasteiger partial charge in [0, 0.05) is 47.5 Å². The molecular formula is C25H23FN6O2. The maximum Gasteiger partial charge on any atom is 0.183 e. The third kappa shape index (κ3) is 3.31. The molecule has 8 nitrogen and oxygen atoms in total. The Hall–Kier alpha value is -3.85. The Bertz CT molecular complexity index is 1520. The predicted octanol–water partition coefficient (Wildman–Crippen LogP) is 4.64. The molecule has 172 valence electrons. The lowest BCUT2D eigenvalue weighted by molar-refractivity contribution is 0.184. The van der Waals surface area contributed by atoms with Gasteiger partial charge in [-0.3, -0.25) is 4.68 Å². The lowest BCUT2D eigenvalue weighted by Crippen LogP contribution is -2.08. The maximum atomic E-state index is 15.2. The van der Waals surface area contributed by atoms with Crippen LogP contribution in [0.2, 0.25) is 0 Å². The zero-order valence-electron chi connectivity index (χ0n) is 18.9. The van der Waals surface area contributed by atoms with Gasteiger partial charge in [0.1, 0.15) is 17.1 Å². The average Bonchev–Trinajstić information content (AvgIpc) is 3.62. The third-order valence-electron chi connectivity index (χ3n) is 6.44.